The smallest absolute Gasteiger partial charge is 0.390 e. The van der Waals surface area contributed by atoms with Crippen LogP contribution in [0.2, 0.25) is 6.04 Å². The van der Waals surface area contributed by atoms with E-state index in [1.165, 1.54) is 0 Å². The fraction of sp³-hybridized carbons (Fsp3) is 0.750. The van der Waals surface area contributed by atoms with Crippen LogP contribution in [0.15, 0.2) is 0 Å². The highest BCUT2D eigenvalue weighted by Gasteiger charge is 2.24. The van der Waals surface area contributed by atoms with Gasteiger partial charge in [0, 0.05) is 11.9 Å². The summed E-state index contributed by atoms with van der Waals surface area (Å²) >= 11 is 9.29. The first-order valence-corrected chi connectivity index (χ1v) is 6.06. The molecule has 0 aliphatic carbocycles. The fourth-order valence-corrected chi connectivity index (χ4v) is 1.31. The fourth-order valence-electron chi connectivity index (χ4n) is 0.304. The summed E-state index contributed by atoms with van der Waals surface area (Å²) in [6.07, 6.45) is 0.456. The second kappa shape index (κ2) is 7.71. The van der Waals surface area contributed by atoms with Gasteiger partial charge >= 0.3 is 8.80 Å². The van der Waals surface area contributed by atoms with Crippen LogP contribution < -0.4 is 11.5 Å². The maximum absolute atomic E-state index is 8.34. The molecule has 0 bridgehead atoms. The standard InChI is InChI=1S/C3H9ClO3Si.CH4N2S/c4-2-1-3-8(5,6)7;2-1(3)4/h5-7H,1-3H2;(H4,2,3,4). The third-order valence-corrected chi connectivity index (χ3v) is 1.94. The van der Waals surface area contributed by atoms with Crippen LogP contribution in [0.4, 0.5) is 0 Å². The molecule has 7 N–H and O–H groups in total. The number of nitrogens with two attached hydrogens (primary N) is 2. The van der Waals surface area contributed by atoms with E-state index in [1.807, 2.05) is 0 Å². The van der Waals surface area contributed by atoms with Crippen LogP contribution in [-0.4, -0.2) is 34.2 Å². The Morgan fingerprint density at radius 2 is 1.67 bits per heavy atom. The molecule has 0 aliphatic heterocycles. The third kappa shape index (κ3) is 32.2. The number of rotatable bonds is 3. The quantitative estimate of drug-likeness (QED) is 0.235. The summed E-state index contributed by atoms with van der Waals surface area (Å²) < 4.78 is 0. The summed E-state index contributed by atoms with van der Waals surface area (Å²) in [5, 5.41) is 0.000000000000000222. The van der Waals surface area contributed by atoms with Crippen molar-refractivity contribution in [3.63, 3.8) is 0 Å². The van der Waals surface area contributed by atoms with Gasteiger partial charge < -0.3 is 25.9 Å². The Kier molecular flexibility index (Phi) is 9.38. The average Bonchev–Trinajstić information content (AvgIpc) is 1.80. The maximum atomic E-state index is 8.34. The lowest BCUT2D eigenvalue weighted by Crippen LogP contribution is -2.34. The van der Waals surface area contributed by atoms with E-state index >= 15 is 0 Å². The van der Waals surface area contributed by atoms with Crippen molar-refractivity contribution in [3.8, 4) is 0 Å². The summed E-state index contributed by atoms with van der Waals surface area (Å²) in [6, 6.07) is 0.0382. The molecule has 0 atom stereocenters. The molecule has 0 aromatic carbocycles. The van der Waals surface area contributed by atoms with Crippen molar-refractivity contribution in [2.24, 2.45) is 11.5 Å². The van der Waals surface area contributed by atoms with Gasteiger partial charge in [-0.3, -0.25) is 0 Å². The first kappa shape index (κ1) is 14.6. The molecule has 5 nitrogen and oxygen atoms in total. The second-order valence-electron chi connectivity index (χ2n) is 1.97. The largest absolute Gasteiger partial charge is 0.492 e. The summed E-state index contributed by atoms with van der Waals surface area (Å²) in [6.45, 7) is 0. The van der Waals surface area contributed by atoms with Gasteiger partial charge in [0.2, 0.25) is 0 Å². The van der Waals surface area contributed by atoms with E-state index < -0.39 is 8.80 Å². The molecule has 0 heterocycles. The van der Waals surface area contributed by atoms with Crippen LogP contribution in [0.5, 0.6) is 0 Å². The van der Waals surface area contributed by atoms with E-state index in [9.17, 15) is 0 Å². The monoisotopic (exact) mass is 232 g/mol. The summed E-state index contributed by atoms with van der Waals surface area (Å²) in [4.78, 5) is 25.0. The first-order valence-electron chi connectivity index (χ1n) is 3.07. The van der Waals surface area contributed by atoms with E-state index in [1.54, 1.807) is 0 Å². The Bertz CT molecular complexity index is 128. The zero-order valence-electron chi connectivity index (χ0n) is 6.40. The zero-order valence-corrected chi connectivity index (χ0v) is 8.98. The number of hydrogen-bond donors (Lipinski definition) is 5. The van der Waals surface area contributed by atoms with E-state index in [0.717, 1.165) is 0 Å². The molecule has 8 heteroatoms. The molecule has 74 valence electrons. The molecule has 0 amide bonds. The van der Waals surface area contributed by atoms with Crippen molar-refractivity contribution < 1.29 is 14.4 Å². The molecular weight excluding hydrogens is 220 g/mol. The lowest BCUT2D eigenvalue weighted by molar-refractivity contribution is 0.227. The molecule has 0 saturated heterocycles. The van der Waals surface area contributed by atoms with Gasteiger partial charge in [0.15, 0.2) is 5.11 Å². The van der Waals surface area contributed by atoms with Crippen LogP contribution in [0.1, 0.15) is 6.42 Å². The van der Waals surface area contributed by atoms with Crippen LogP contribution in [0.3, 0.4) is 0 Å². The molecule has 0 saturated carbocycles. The van der Waals surface area contributed by atoms with Gasteiger partial charge in [0.25, 0.3) is 0 Å². The normalized spacial score (nSPS) is 10.0. The Labute approximate surface area is 82.3 Å². The van der Waals surface area contributed by atoms with Crippen molar-refractivity contribution in [2.45, 2.75) is 12.5 Å². The van der Waals surface area contributed by atoms with Gasteiger partial charge in [0.05, 0.1) is 0 Å². The lowest BCUT2D eigenvalue weighted by Gasteiger charge is -2.05. The van der Waals surface area contributed by atoms with Crippen molar-refractivity contribution in [1.29, 1.82) is 0 Å². The first-order chi connectivity index (χ1) is 5.29. The van der Waals surface area contributed by atoms with Crippen molar-refractivity contribution in [3.05, 3.63) is 0 Å². The maximum Gasteiger partial charge on any atom is 0.492 e. The van der Waals surface area contributed by atoms with E-state index in [2.05, 4.69) is 23.7 Å². The summed E-state index contributed by atoms with van der Waals surface area (Å²) in [5.74, 6) is 0.358. The predicted octanol–water partition coefficient (Wildman–Crippen LogP) is -1.28. The van der Waals surface area contributed by atoms with E-state index in [4.69, 9.17) is 26.0 Å². The Hall–Kier alpha value is 0.0769. The van der Waals surface area contributed by atoms with Crippen LogP contribution >= 0.6 is 23.8 Å². The molecule has 0 aliphatic rings. The molecule has 0 spiro atoms. The number of hydrogen-bond acceptors (Lipinski definition) is 4. The van der Waals surface area contributed by atoms with Gasteiger partial charge in [-0.15, -0.1) is 11.6 Å². The van der Waals surface area contributed by atoms with Crippen LogP contribution in [0.25, 0.3) is 0 Å². The lowest BCUT2D eigenvalue weighted by atomic mass is 10.6. The molecule has 0 aromatic heterocycles. The van der Waals surface area contributed by atoms with Crippen molar-refractivity contribution in [1.82, 2.24) is 0 Å². The van der Waals surface area contributed by atoms with Gasteiger partial charge in [-0.05, 0) is 18.6 Å². The molecule has 0 aromatic rings. The third-order valence-electron chi connectivity index (χ3n) is 0.646. The van der Waals surface area contributed by atoms with Gasteiger partial charge in [0.1, 0.15) is 0 Å². The number of alkyl halides is 1. The highest BCUT2D eigenvalue weighted by atomic mass is 35.5. The average molecular weight is 233 g/mol. The minimum Gasteiger partial charge on any atom is -0.390 e. The topological polar surface area (TPSA) is 113 Å². The Morgan fingerprint density at radius 3 is 1.75 bits per heavy atom. The van der Waals surface area contributed by atoms with Crippen molar-refractivity contribution in [2.75, 3.05) is 5.88 Å². The number of halogens is 1. The predicted molar refractivity (Wildman–Crippen MR) is 53.5 cm³/mol. The highest BCUT2D eigenvalue weighted by Crippen LogP contribution is 2.01. The molecule has 12 heavy (non-hydrogen) atoms. The molecule has 0 unspecified atom stereocenters. The van der Waals surface area contributed by atoms with E-state index in [-0.39, 0.29) is 11.2 Å². The van der Waals surface area contributed by atoms with E-state index in [0.29, 0.717) is 12.3 Å². The molecular formula is C4H13ClN2O3SSi. The SMILES string of the molecule is NC(N)=S.O[Si](O)(O)CCCCl. The summed E-state index contributed by atoms with van der Waals surface area (Å²) in [5.41, 5.74) is 9.24. The van der Waals surface area contributed by atoms with Gasteiger partial charge in [-0.1, -0.05) is 0 Å². The zero-order chi connectivity index (χ0) is 10.2. The second-order valence-corrected chi connectivity index (χ2v) is 4.87. The Morgan fingerprint density at radius 1 is 1.33 bits per heavy atom. The van der Waals surface area contributed by atoms with Gasteiger partial charge in [-0.2, -0.15) is 0 Å². The highest BCUT2D eigenvalue weighted by molar-refractivity contribution is 7.80. The van der Waals surface area contributed by atoms with Crippen LogP contribution in [0, 0.1) is 0 Å². The number of thiocarbonyl (C=S) groups is 1. The summed E-state index contributed by atoms with van der Waals surface area (Å²) in [7, 11) is -3.76. The Balaban J connectivity index is 0. The molecule has 0 fully saturated rings. The molecule has 0 radical (unpaired) electrons. The van der Waals surface area contributed by atoms with Crippen molar-refractivity contribution >= 4 is 37.7 Å². The van der Waals surface area contributed by atoms with Gasteiger partial charge in [-0.25, -0.2) is 0 Å². The minimum absolute atomic E-state index is 0.000000000000000222. The molecule has 0 rings (SSSR count). The minimum atomic E-state index is -3.76. The van der Waals surface area contributed by atoms with Crippen LogP contribution in [-0.2, 0) is 0 Å².